The van der Waals surface area contributed by atoms with Crippen LogP contribution in [0.2, 0.25) is 0 Å². The molecule has 0 fully saturated rings. The van der Waals surface area contributed by atoms with Crippen molar-refractivity contribution < 1.29 is 13.2 Å². The molecule has 0 saturated heterocycles. The minimum atomic E-state index is -4.31. The second-order valence-corrected chi connectivity index (χ2v) is 5.10. The van der Waals surface area contributed by atoms with E-state index in [-0.39, 0.29) is 0 Å². The maximum Gasteiger partial charge on any atom is 0.425 e. The SMILES string of the molecule is Cn1c(-c2ccc(C(F)(F)F)s2)nc2ccncc21. The van der Waals surface area contributed by atoms with E-state index < -0.39 is 11.1 Å². The summed E-state index contributed by atoms with van der Waals surface area (Å²) in [6.45, 7) is 0. The Bertz CT molecular complexity index is 742. The van der Waals surface area contributed by atoms with E-state index in [1.165, 1.54) is 6.07 Å². The number of aryl methyl sites for hydroxylation is 1. The van der Waals surface area contributed by atoms with E-state index in [0.29, 0.717) is 22.0 Å². The Morgan fingerprint density at radius 2 is 2.00 bits per heavy atom. The predicted molar refractivity (Wildman–Crippen MR) is 66.8 cm³/mol. The Hall–Kier alpha value is -1.89. The summed E-state index contributed by atoms with van der Waals surface area (Å²) in [5, 5.41) is 0. The first-order chi connectivity index (χ1) is 8.97. The van der Waals surface area contributed by atoms with Crippen molar-refractivity contribution in [1.82, 2.24) is 14.5 Å². The van der Waals surface area contributed by atoms with E-state index in [0.717, 1.165) is 17.1 Å². The molecule has 0 aliphatic heterocycles. The molecular weight excluding hydrogens is 275 g/mol. The van der Waals surface area contributed by atoms with Crippen molar-refractivity contribution in [2.75, 3.05) is 0 Å². The molecule has 3 rings (SSSR count). The maximum atomic E-state index is 12.6. The highest BCUT2D eigenvalue weighted by Crippen LogP contribution is 2.38. The highest BCUT2D eigenvalue weighted by Gasteiger charge is 2.32. The van der Waals surface area contributed by atoms with Crippen molar-refractivity contribution in [2.45, 2.75) is 6.18 Å². The lowest BCUT2D eigenvalue weighted by atomic mass is 10.4. The Morgan fingerprint density at radius 3 is 2.63 bits per heavy atom. The number of rotatable bonds is 1. The zero-order valence-electron chi connectivity index (χ0n) is 9.77. The molecule has 0 saturated carbocycles. The van der Waals surface area contributed by atoms with Crippen LogP contribution in [-0.4, -0.2) is 14.5 Å². The molecule has 98 valence electrons. The lowest BCUT2D eigenvalue weighted by Crippen LogP contribution is -2.00. The number of nitrogens with zero attached hydrogens (tertiary/aromatic N) is 3. The summed E-state index contributed by atoms with van der Waals surface area (Å²) >= 11 is 0.694. The standard InChI is InChI=1S/C12H8F3N3S/c1-18-8-6-16-5-4-7(8)17-11(18)9-2-3-10(19-9)12(13,14)15/h2-6H,1H3. The van der Waals surface area contributed by atoms with E-state index in [1.54, 1.807) is 30.1 Å². The van der Waals surface area contributed by atoms with Crippen LogP contribution in [0.3, 0.4) is 0 Å². The van der Waals surface area contributed by atoms with Crippen LogP contribution in [0.5, 0.6) is 0 Å². The molecule has 0 radical (unpaired) electrons. The smallest absolute Gasteiger partial charge is 0.325 e. The van der Waals surface area contributed by atoms with Gasteiger partial charge in [0.25, 0.3) is 0 Å². The van der Waals surface area contributed by atoms with Crippen LogP contribution >= 0.6 is 11.3 Å². The first kappa shape index (κ1) is 12.2. The van der Waals surface area contributed by atoms with E-state index in [1.807, 2.05) is 0 Å². The molecule has 19 heavy (non-hydrogen) atoms. The largest absolute Gasteiger partial charge is 0.425 e. The van der Waals surface area contributed by atoms with E-state index in [9.17, 15) is 13.2 Å². The fourth-order valence-electron chi connectivity index (χ4n) is 1.87. The second-order valence-electron chi connectivity index (χ2n) is 4.02. The Labute approximate surface area is 110 Å². The van der Waals surface area contributed by atoms with Crippen molar-refractivity contribution in [3.63, 3.8) is 0 Å². The maximum absolute atomic E-state index is 12.6. The molecule has 0 atom stereocenters. The number of halogens is 3. The molecule has 0 spiro atoms. The Balaban J connectivity index is 2.14. The van der Waals surface area contributed by atoms with Crippen LogP contribution in [0.4, 0.5) is 13.2 Å². The van der Waals surface area contributed by atoms with Crippen molar-refractivity contribution >= 4 is 22.4 Å². The highest BCUT2D eigenvalue weighted by molar-refractivity contribution is 7.15. The topological polar surface area (TPSA) is 30.7 Å². The van der Waals surface area contributed by atoms with Crippen LogP contribution in [-0.2, 0) is 13.2 Å². The molecule has 0 aliphatic carbocycles. The number of thiophene rings is 1. The van der Waals surface area contributed by atoms with Gasteiger partial charge in [0, 0.05) is 13.2 Å². The first-order valence-electron chi connectivity index (χ1n) is 5.40. The summed E-state index contributed by atoms with van der Waals surface area (Å²) in [6, 6.07) is 4.26. The van der Waals surface area contributed by atoms with Gasteiger partial charge in [-0.3, -0.25) is 4.98 Å². The van der Waals surface area contributed by atoms with Crippen LogP contribution in [0, 0.1) is 0 Å². The van der Waals surface area contributed by atoms with Gasteiger partial charge < -0.3 is 4.57 Å². The molecule has 7 heteroatoms. The number of imidazole rings is 1. The Morgan fingerprint density at radius 1 is 1.21 bits per heavy atom. The van der Waals surface area contributed by atoms with Crippen LogP contribution in [0.25, 0.3) is 21.7 Å². The number of hydrogen-bond donors (Lipinski definition) is 0. The monoisotopic (exact) mass is 283 g/mol. The van der Waals surface area contributed by atoms with Crippen molar-refractivity contribution in [3.05, 3.63) is 35.5 Å². The molecule has 0 aliphatic rings. The lowest BCUT2D eigenvalue weighted by molar-refractivity contribution is -0.134. The quantitative estimate of drug-likeness (QED) is 0.681. The number of fused-ring (bicyclic) bond motifs is 1. The molecule has 0 N–H and O–H groups in total. The molecule has 3 aromatic rings. The van der Waals surface area contributed by atoms with Crippen molar-refractivity contribution in [1.29, 1.82) is 0 Å². The summed E-state index contributed by atoms with van der Waals surface area (Å²) in [5.74, 6) is 0.517. The molecule has 0 amide bonds. The van der Waals surface area contributed by atoms with Crippen LogP contribution in [0.15, 0.2) is 30.6 Å². The van der Waals surface area contributed by atoms with Gasteiger partial charge >= 0.3 is 6.18 Å². The van der Waals surface area contributed by atoms with Gasteiger partial charge in [0.1, 0.15) is 4.88 Å². The minimum absolute atomic E-state index is 0.492. The summed E-state index contributed by atoms with van der Waals surface area (Å²) in [4.78, 5) is 8.21. The van der Waals surface area contributed by atoms with Gasteiger partial charge in [-0.1, -0.05) is 0 Å². The van der Waals surface area contributed by atoms with E-state index in [4.69, 9.17) is 0 Å². The second kappa shape index (κ2) is 4.06. The van der Waals surface area contributed by atoms with E-state index >= 15 is 0 Å². The fourth-order valence-corrected chi connectivity index (χ4v) is 2.76. The van der Waals surface area contributed by atoms with Crippen molar-refractivity contribution in [3.8, 4) is 10.7 Å². The zero-order chi connectivity index (χ0) is 13.6. The van der Waals surface area contributed by atoms with Gasteiger partial charge in [-0.15, -0.1) is 11.3 Å². The highest BCUT2D eigenvalue weighted by atomic mass is 32.1. The Kier molecular flexibility index (Phi) is 2.60. The molecular formula is C12H8F3N3S. The average Bonchev–Trinajstić information content (AvgIpc) is 2.94. The molecule has 3 heterocycles. The van der Waals surface area contributed by atoms with Gasteiger partial charge in [-0.2, -0.15) is 13.2 Å². The summed E-state index contributed by atoms with van der Waals surface area (Å²) in [5.41, 5.74) is 1.51. The number of alkyl halides is 3. The summed E-state index contributed by atoms with van der Waals surface area (Å²) in [7, 11) is 1.76. The number of hydrogen-bond acceptors (Lipinski definition) is 3. The summed E-state index contributed by atoms with van der Waals surface area (Å²) in [6.07, 6.45) is -1.06. The molecule has 3 nitrogen and oxygen atoms in total. The number of aromatic nitrogens is 3. The third-order valence-corrected chi connectivity index (χ3v) is 3.91. The average molecular weight is 283 g/mol. The molecule has 0 unspecified atom stereocenters. The van der Waals surface area contributed by atoms with Crippen molar-refractivity contribution in [2.24, 2.45) is 7.05 Å². The minimum Gasteiger partial charge on any atom is -0.325 e. The van der Waals surface area contributed by atoms with Crippen LogP contribution < -0.4 is 0 Å². The van der Waals surface area contributed by atoms with Gasteiger partial charge in [0.2, 0.25) is 0 Å². The summed E-state index contributed by atoms with van der Waals surface area (Å²) < 4.78 is 39.5. The van der Waals surface area contributed by atoms with Gasteiger partial charge in [-0.05, 0) is 18.2 Å². The fraction of sp³-hybridized carbons (Fsp3) is 0.167. The van der Waals surface area contributed by atoms with Gasteiger partial charge in [-0.25, -0.2) is 4.98 Å². The third kappa shape index (κ3) is 1.99. The first-order valence-corrected chi connectivity index (χ1v) is 6.22. The molecule has 0 bridgehead atoms. The van der Waals surface area contributed by atoms with E-state index in [2.05, 4.69) is 9.97 Å². The number of pyridine rings is 1. The molecule has 0 aromatic carbocycles. The van der Waals surface area contributed by atoms with Crippen LogP contribution in [0.1, 0.15) is 4.88 Å². The normalized spacial score (nSPS) is 12.2. The van der Waals surface area contributed by atoms with Gasteiger partial charge in [0.05, 0.1) is 22.1 Å². The third-order valence-electron chi connectivity index (χ3n) is 2.79. The molecule has 3 aromatic heterocycles. The zero-order valence-corrected chi connectivity index (χ0v) is 10.6. The van der Waals surface area contributed by atoms with Gasteiger partial charge in [0.15, 0.2) is 5.82 Å². The lowest BCUT2D eigenvalue weighted by Gasteiger charge is -2.01. The predicted octanol–water partition coefficient (Wildman–Crippen LogP) is 3.72.